The van der Waals surface area contributed by atoms with Crippen LogP contribution in [0.3, 0.4) is 0 Å². The van der Waals surface area contributed by atoms with Gasteiger partial charge in [-0.25, -0.2) is 0 Å². The molecule has 0 N–H and O–H groups in total. The molecule has 0 saturated carbocycles. The van der Waals surface area contributed by atoms with Gasteiger partial charge in [0.05, 0.1) is 6.07 Å². The fourth-order valence-electron chi connectivity index (χ4n) is 2.66. The van der Waals surface area contributed by atoms with Gasteiger partial charge in [0.25, 0.3) is 0 Å². The van der Waals surface area contributed by atoms with Crippen molar-refractivity contribution >= 4 is 8.32 Å². The Labute approximate surface area is 168 Å². The molecule has 1 unspecified atom stereocenters. The molecular weight excluding hydrogens is 350 g/mol. The molecule has 0 aliphatic carbocycles. The average Bonchev–Trinajstić information content (AvgIpc) is 2.61. The van der Waals surface area contributed by atoms with Gasteiger partial charge < -0.3 is 9.16 Å². The molecule has 0 radical (unpaired) electrons. The molecule has 0 aliphatic heterocycles. The highest BCUT2D eigenvalue weighted by molar-refractivity contribution is 6.74. The van der Waals surface area contributed by atoms with Gasteiger partial charge >= 0.3 is 0 Å². The Morgan fingerprint density at radius 2 is 1.59 bits per heavy atom. The number of ether oxygens (including phenoxy) is 1. The van der Waals surface area contributed by atoms with Gasteiger partial charge in [0.1, 0.15) is 12.4 Å². The van der Waals surface area contributed by atoms with Crippen LogP contribution in [0.1, 0.15) is 71.8 Å². The lowest BCUT2D eigenvalue weighted by Crippen LogP contribution is -2.45. The third-order valence-electron chi connectivity index (χ3n) is 5.53. The molecule has 1 rings (SSSR count). The molecule has 3 nitrogen and oxygen atoms in total. The standard InChI is InChI=1S/C23H39NO2Si/c1-7-8-9-10-11-12-13-20-14-16-21(17-15-20)25-19-22(18-24)26-27(5,6)23(2,3)4/h14-17,22H,7-13,19H2,1-6H3. The van der Waals surface area contributed by atoms with Gasteiger partial charge in [0, 0.05) is 0 Å². The first-order valence-corrected chi connectivity index (χ1v) is 13.4. The van der Waals surface area contributed by atoms with Gasteiger partial charge in [0.15, 0.2) is 14.4 Å². The second kappa shape index (κ2) is 11.5. The molecule has 0 aromatic heterocycles. The first kappa shape index (κ1) is 23.7. The van der Waals surface area contributed by atoms with E-state index in [2.05, 4.69) is 59.0 Å². The van der Waals surface area contributed by atoms with Gasteiger partial charge in [0.2, 0.25) is 0 Å². The number of benzene rings is 1. The zero-order valence-corrected chi connectivity index (χ0v) is 19.3. The number of rotatable bonds is 12. The van der Waals surface area contributed by atoms with Crippen LogP contribution in [0.25, 0.3) is 0 Å². The van der Waals surface area contributed by atoms with E-state index in [9.17, 15) is 5.26 Å². The molecule has 1 aromatic rings. The topological polar surface area (TPSA) is 42.2 Å². The van der Waals surface area contributed by atoms with Crippen LogP contribution in [0.5, 0.6) is 5.75 Å². The van der Waals surface area contributed by atoms with Crippen molar-refractivity contribution in [2.75, 3.05) is 6.61 Å². The van der Waals surface area contributed by atoms with Crippen molar-refractivity contribution in [3.8, 4) is 11.8 Å². The normalized spacial score (nSPS) is 13.2. The fourth-order valence-corrected chi connectivity index (χ4v) is 3.85. The third-order valence-corrected chi connectivity index (χ3v) is 10.0. The lowest BCUT2D eigenvalue weighted by atomic mass is 10.0. The second-order valence-electron chi connectivity index (χ2n) is 8.97. The summed E-state index contributed by atoms with van der Waals surface area (Å²) in [6.07, 6.45) is 8.53. The van der Waals surface area contributed by atoms with E-state index >= 15 is 0 Å². The van der Waals surface area contributed by atoms with Gasteiger partial charge in [-0.15, -0.1) is 0 Å². The molecule has 0 fully saturated rings. The quantitative estimate of drug-likeness (QED) is 0.289. The molecule has 27 heavy (non-hydrogen) atoms. The van der Waals surface area contributed by atoms with E-state index in [0.29, 0.717) is 0 Å². The van der Waals surface area contributed by atoms with Gasteiger partial charge in [-0.3, -0.25) is 0 Å². The van der Waals surface area contributed by atoms with Gasteiger partial charge in [-0.1, -0.05) is 71.9 Å². The summed E-state index contributed by atoms with van der Waals surface area (Å²) in [4.78, 5) is 0. The van der Waals surface area contributed by atoms with Gasteiger partial charge in [-0.05, 0) is 48.7 Å². The monoisotopic (exact) mass is 389 g/mol. The largest absolute Gasteiger partial charge is 0.490 e. The van der Waals surface area contributed by atoms with Crippen molar-refractivity contribution in [3.63, 3.8) is 0 Å². The Morgan fingerprint density at radius 3 is 2.15 bits per heavy atom. The van der Waals surface area contributed by atoms with Crippen LogP contribution in [0.2, 0.25) is 18.1 Å². The fraction of sp³-hybridized carbons (Fsp3) is 0.696. The summed E-state index contributed by atoms with van der Waals surface area (Å²) in [6, 6.07) is 10.5. The van der Waals surface area contributed by atoms with Crippen molar-refractivity contribution < 1.29 is 9.16 Å². The Morgan fingerprint density at radius 1 is 1.00 bits per heavy atom. The number of nitrogens with zero attached hydrogens (tertiary/aromatic N) is 1. The SMILES string of the molecule is CCCCCCCCc1ccc(OCC(C#N)O[Si](C)(C)C(C)(C)C)cc1. The van der Waals surface area contributed by atoms with Crippen molar-refractivity contribution in [3.05, 3.63) is 29.8 Å². The molecule has 0 spiro atoms. The number of hydrogen-bond acceptors (Lipinski definition) is 3. The molecule has 0 bridgehead atoms. The lowest BCUT2D eigenvalue weighted by molar-refractivity contribution is 0.155. The van der Waals surface area contributed by atoms with Crippen molar-refractivity contribution in [2.45, 2.75) is 96.9 Å². The van der Waals surface area contributed by atoms with E-state index < -0.39 is 14.4 Å². The Balaban J connectivity index is 2.41. The molecule has 4 heteroatoms. The van der Waals surface area contributed by atoms with Crippen molar-refractivity contribution in [2.24, 2.45) is 0 Å². The van der Waals surface area contributed by atoms with E-state index in [0.717, 1.165) is 12.2 Å². The zero-order chi connectivity index (χ0) is 20.3. The highest BCUT2D eigenvalue weighted by Crippen LogP contribution is 2.37. The minimum absolute atomic E-state index is 0.0836. The summed E-state index contributed by atoms with van der Waals surface area (Å²) in [5, 5.41) is 9.50. The first-order valence-electron chi connectivity index (χ1n) is 10.5. The van der Waals surface area contributed by atoms with Gasteiger partial charge in [-0.2, -0.15) is 5.26 Å². The Kier molecular flexibility index (Phi) is 10.1. The molecule has 0 amide bonds. The zero-order valence-electron chi connectivity index (χ0n) is 18.3. The van der Waals surface area contributed by atoms with E-state index in [1.807, 2.05) is 12.1 Å². The number of hydrogen-bond donors (Lipinski definition) is 0. The average molecular weight is 390 g/mol. The van der Waals surface area contributed by atoms with E-state index in [1.165, 1.54) is 44.1 Å². The maximum Gasteiger partial charge on any atom is 0.194 e. The summed E-state index contributed by atoms with van der Waals surface area (Å²) in [6.45, 7) is 13.4. The number of aryl methyl sites for hydroxylation is 1. The van der Waals surface area contributed by atoms with Crippen LogP contribution in [0.15, 0.2) is 24.3 Å². The second-order valence-corrected chi connectivity index (χ2v) is 13.7. The Hall–Kier alpha value is -1.31. The van der Waals surface area contributed by atoms with Crippen molar-refractivity contribution in [1.82, 2.24) is 0 Å². The van der Waals surface area contributed by atoms with Crippen LogP contribution in [0, 0.1) is 11.3 Å². The van der Waals surface area contributed by atoms with Crippen LogP contribution in [-0.2, 0) is 10.8 Å². The molecular formula is C23H39NO2Si. The Bertz CT molecular complexity index is 570. The summed E-state index contributed by atoms with van der Waals surface area (Å²) < 4.78 is 12.0. The summed E-state index contributed by atoms with van der Waals surface area (Å²) in [7, 11) is -1.97. The number of nitriles is 1. The minimum Gasteiger partial charge on any atom is -0.490 e. The molecule has 152 valence electrons. The highest BCUT2D eigenvalue weighted by Gasteiger charge is 2.39. The van der Waals surface area contributed by atoms with Crippen LogP contribution < -0.4 is 4.74 Å². The van der Waals surface area contributed by atoms with E-state index in [1.54, 1.807) is 0 Å². The molecule has 1 aromatic carbocycles. The lowest BCUT2D eigenvalue weighted by Gasteiger charge is -2.37. The smallest absolute Gasteiger partial charge is 0.194 e. The predicted molar refractivity (Wildman–Crippen MR) is 117 cm³/mol. The summed E-state index contributed by atoms with van der Waals surface area (Å²) in [5.41, 5.74) is 1.35. The van der Waals surface area contributed by atoms with Crippen molar-refractivity contribution in [1.29, 1.82) is 5.26 Å². The van der Waals surface area contributed by atoms with Crippen LogP contribution in [0.4, 0.5) is 0 Å². The first-order chi connectivity index (χ1) is 12.7. The molecule has 0 saturated heterocycles. The maximum atomic E-state index is 9.42. The predicted octanol–water partition coefficient (Wildman–Crippen LogP) is 6.88. The maximum absolute atomic E-state index is 9.42. The molecule has 0 aliphatic rings. The minimum atomic E-state index is -1.97. The van der Waals surface area contributed by atoms with E-state index in [-0.39, 0.29) is 11.6 Å². The van der Waals surface area contributed by atoms with E-state index in [4.69, 9.17) is 9.16 Å². The third kappa shape index (κ3) is 8.95. The summed E-state index contributed by atoms with van der Waals surface area (Å²) >= 11 is 0. The molecule has 1 atom stereocenters. The number of unbranched alkanes of at least 4 members (excludes halogenated alkanes) is 5. The van der Waals surface area contributed by atoms with Crippen LogP contribution in [-0.4, -0.2) is 21.0 Å². The van der Waals surface area contributed by atoms with Crippen LogP contribution >= 0.6 is 0 Å². The highest BCUT2D eigenvalue weighted by atomic mass is 28.4. The summed E-state index contributed by atoms with van der Waals surface area (Å²) in [5.74, 6) is 0.806. The molecule has 0 heterocycles.